The van der Waals surface area contributed by atoms with Crippen LogP contribution in [0.4, 0.5) is 0 Å². The Kier molecular flexibility index (Phi) is 2.68. The molecular weight excluding hydrogens is 208 g/mol. The van der Waals surface area contributed by atoms with Crippen LogP contribution in [0, 0.1) is 0 Å². The zero-order chi connectivity index (χ0) is 11.5. The van der Waals surface area contributed by atoms with Crippen molar-refractivity contribution in [1.82, 2.24) is 9.55 Å². The normalized spacial score (nSPS) is 10.3. The number of hydrogen-bond donors (Lipinski definition) is 0. The van der Waals surface area contributed by atoms with Crippen LogP contribution in [0.15, 0.2) is 35.3 Å². The number of hydrogen-bond acceptors (Lipinski definition) is 4. The number of aryl methyl sites for hydroxylation is 1. The van der Waals surface area contributed by atoms with Gasteiger partial charge in [-0.1, -0.05) is 0 Å². The molecule has 0 aliphatic rings. The van der Waals surface area contributed by atoms with Gasteiger partial charge in [0, 0.05) is 13.2 Å². The van der Waals surface area contributed by atoms with Gasteiger partial charge in [-0.15, -0.1) is 0 Å². The standard InChI is InChI=1S/C11H10N2O3/c1-13-6-8(12-7-13)9(14)5-10(15)11-3-2-4-16-11/h2-4,6-7H,5H2,1H3. The topological polar surface area (TPSA) is 65.1 Å². The molecule has 0 amide bonds. The molecule has 0 saturated heterocycles. The number of furan rings is 1. The van der Waals surface area contributed by atoms with Crippen LogP contribution in [-0.4, -0.2) is 21.1 Å². The second kappa shape index (κ2) is 4.14. The van der Waals surface area contributed by atoms with Gasteiger partial charge in [0.1, 0.15) is 5.69 Å². The Labute approximate surface area is 91.7 Å². The lowest BCUT2D eigenvalue weighted by Gasteiger charge is -1.94. The third-order valence-corrected chi connectivity index (χ3v) is 2.11. The van der Waals surface area contributed by atoms with Crippen molar-refractivity contribution in [3.8, 4) is 0 Å². The van der Waals surface area contributed by atoms with Gasteiger partial charge in [-0.25, -0.2) is 4.98 Å². The van der Waals surface area contributed by atoms with E-state index in [0.717, 1.165) is 0 Å². The monoisotopic (exact) mass is 218 g/mol. The number of imidazole rings is 1. The SMILES string of the molecule is Cn1cnc(C(=O)CC(=O)c2ccco2)c1. The summed E-state index contributed by atoms with van der Waals surface area (Å²) >= 11 is 0. The lowest BCUT2D eigenvalue weighted by atomic mass is 10.1. The summed E-state index contributed by atoms with van der Waals surface area (Å²) in [6.45, 7) is 0. The minimum Gasteiger partial charge on any atom is -0.461 e. The zero-order valence-electron chi connectivity index (χ0n) is 8.71. The van der Waals surface area contributed by atoms with E-state index < -0.39 is 0 Å². The van der Waals surface area contributed by atoms with E-state index in [1.807, 2.05) is 0 Å². The average molecular weight is 218 g/mol. The summed E-state index contributed by atoms with van der Waals surface area (Å²) in [5.74, 6) is -0.438. The number of Topliss-reactive ketones (excluding diaryl/α,β-unsaturated/α-hetero) is 2. The van der Waals surface area contributed by atoms with Gasteiger partial charge in [-0.3, -0.25) is 9.59 Å². The first-order valence-electron chi connectivity index (χ1n) is 4.74. The van der Waals surface area contributed by atoms with Gasteiger partial charge in [0.15, 0.2) is 11.5 Å². The first-order valence-corrected chi connectivity index (χ1v) is 4.74. The highest BCUT2D eigenvalue weighted by Gasteiger charge is 2.17. The number of nitrogens with zero attached hydrogens (tertiary/aromatic N) is 2. The molecule has 0 aliphatic heterocycles. The second-order valence-corrected chi connectivity index (χ2v) is 3.42. The molecule has 0 aliphatic carbocycles. The lowest BCUT2D eigenvalue weighted by Crippen LogP contribution is -2.08. The fourth-order valence-electron chi connectivity index (χ4n) is 1.32. The lowest BCUT2D eigenvalue weighted by molar-refractivity contribution is 0.0876. The summed E-state index contributed by atoms with van der Waals surface area (Å²) in [6, 6.07) is 3.15. The van der Waals surface area contributed by atoms with Crippen molar-refractivity contribution in [1.29, 1.82) is 0 Å². The van der Waals surface area contributed by atoms with Crippen LogP contribution >= 0.6 is 0 Å². The first-order chi connectivity index (χ1) is 7.66. The van der Waals surface area contributed by atoms with E-state index in [0.29, 0.717) is 5.69 Å². The molecule has 16 heavy (non-hydrogen) atoms. The zero-order valence-corrected chi connectivity index (χ0v) is 8.71. The van der Waals surface area contributed by atoms with E-state index in [-0.39, 0.29) is 23.7 Å². The molecule has 0 N–H and O–H groups in total. The highest BCUT2D eigenvalue weighted by atomic mass is 16.3. The minimum absolute atomic E-state index is 0.198. The number of aromatic nitrogens is 2. The molecule has 2 aromatic heterocycles. The third-order valence-electron chi connectivity index (χ3n) is 2.11. The van der Waals surface area contributed by atoms with E-state index >= 15 is 0 Å². The number of rotatable bonds is 4. The van der Waals surface area contributed by atoms with E-state index in [4.69, 9.17) is 4.42 Å². The van der Waals surface area contributed by atoms with E-state index in [2.05, 4.69) is 4.98 Å². The number of carbonyl (C=O) groups is 2. The summed E-state index contributed by atoms with van der Waals surface area (Å²) in [5.41, 5.74) is 0.294. The van der Waals surface area contributed by atoms with Crippen molar-refractivity contribution in [2.75, 3.05) is 0 Å². The molecule has 82 valence electrons. The number of carbonyl (C=O) groups excluding carboxylic acids is 2. The summed E-state index contributed by atoms with van der Waals surface area (Å²) in [7, 11) is 1.76. The molecule has 0 bridgehead atoms. The Morgan fingerprint density at radius 1 is 1.44 bits per heavy atom. The molecular formula is C11H10N2O3. The minimum atomic E-state index is -0.333. The van der Waals surface area contributed by atoms with Crippen molar-refractivity contribution in [2.24, 2.45) is 7.05 Å². The first kappa shape index (κ1) is 10.4. The molecule has 5 nitrogen and oxygen atoms in total. The van der Waals surface area contributed by atoms with Crippen molar-refractivity contribution in [2.45, 2.75) is 6.42 Å². The molecule has 0 atom stereocenters. The maximum Gasteiger partial charge on any atom is 0.205 e. The molecule has 0 fully saturated rings. The van der Waals surface area contributed by atoms with Crippen LogP contribution in [-0.2, 0) is 7.05 Å². The molecule has 2 heterocycles. The Bertz CT molecular complexity index is 511. The Hall–Kier alpha value is -2.17. The fraction of sp³-hybridized carbons (Fsp3) is 0.182. The van der Waals surface area contributed by atoms with E-state index in [9.17, 15) is 9.59 Å². The third kappa shape index (κ3) is 2.08. The summed E-state index contributed by atoms with van der Waals surface area (Å²) in [6.07, 6.45) is 4.28. The van der Waals surface area contributed by atoms with Gasteiger partial charge < -0.3 is 8.98 Å². The van der Waals surface area contributed by atoms with Crippen molar-refractivity contribution in [3.05, 3.63) is 42.4 Å². The summed E-state index contributed by atoms with van der Waals surface area (Å²) in [5, 5.41) is 0. The second-order valence-electron chi connectivity index (χ2n) is 3.42. The van der Waals surface area contributed by atoms with Gasteiger partial charge in [-0.05, 0) is 12.1 Å². The molecule has 0 spiro atoms. The molecule has 0 aromatic carbocycles. The van der Waals surface area contributed by atoms with Crippen molar-refractivity contribution >= 4 is 11.6 Å². The van der Waals surface area contributed by atoms with Crippen LogP contribution in [0.25, 0.3) is 0 Å². The largest absolute Gasteiger partial charge is 0.461 e. The van der Waals surface area contributed by atoms with Crippen LogP contribution in [0.5, 0.6) is 0 Å². The molecule has 2 aromatic rings. The van der Waals surface area contributed by atoms with Crippen LogP contribution in [0.1, 0.15) is 27.5 Å². The van der Waals surface area contributed by atoms with Crippen molar-refractivity contribution < 1.29 is 14.0 Å². The Morgan fingerprint density at radius 2 is 2.25 bits per heavy atom. The quantitative estimate of drug-likeness (QED) is 0.575. The van der Waals surface area contributed by atoms with Gasteiger partial charge in [0.25, 0.3) is 0 Å². The van der Waals surface area contributed by atoms with Crippen LogP contribution in [0.2, 0.25) is 0 Å². The molecule has 0 saturated carbocycles. The van der Waals surface area contributed by atoms with Crippen molar-refractivity contribution in [3.63, 3.8) is 0 Å². The highest BCUT2D eigenvalue weighted by Crippen LogP contribution is 2.07. The maximum atomic E-state index is 11.6. The predicted molar refractivity (Wildman–Crippen MR) is 55.2 cm³/mol. The average Bonchev–Trinajstić information content (AvgIpc) is 2.87. The highest BCUT2D eigenvalue weighted by molar-refractivity contribution is 6.11. The fourth-order valence-corrected chi connectivity index (χ4v) is 1.32. The van der Waals surface area contributed by atoms with E-state index in [1.54, 1.807) is 23.9 Å². The molecule has 0 unspecified atom stereocenters. The predicted octanol–water partition coefficient (Wildman–Crippen LogP) is 1.47. The molecule has 5 heteroatoms. The van der Waals surface area contributed by atoms with Crippen LogP contribution in [0.3, 0.4) is 0 Å². The van der Waals surface area contributed by atoms with Gasteiger partial charge in [0.2, 0.25) is 5.78 Å². The Morgan fingerprint density at radius 3 is 2.81 bits per heavy atom. The molecule has 2 rings (SSSR count). The Balaban J connectivity index is 2.06. The van der Waals surface area contributed by atoms with Gasteiger partial charge >= 0.3 is 0 Å². The molecule has 0 radical (unpaired) electrons. The number of ketones is 2. The maximum absolute atomic E-state index is 11.6. The van der Waals surface area contributed by atoms with Gasteiger partial charge in [0.05, 0.1) is 19.0 Å². The van der Waals surface area contributed by atoms with E-state index in [1.165, 1.54) is 18.7 Å². The summed E-state index contributed by atoms with van der Waals surface area (Å²) in [4.78, 5) is 27.1. The smallest absolute Gasteiger partial charge is 0.205 e. The van der Waals surface area contributed by atoms with Crippen LogP contribution < -0.4 is 0 Å². The van der Waals surface area contributed by atoms with Gasteiger partial charge in [-0.2, -0.15) is 0 Å². The summed E-state index contributed by atoms with van der Waals surface area (Å²) < 4.78 is 6.57.